The van der Waals surface area contributed by atoms with E-state index >= 15 is 0 Å². The van der Waals surface area contributed by atoms with Crippen LogP contribution in [-0.2, 0) is 20.9 Å². The van der Waals surface area contributed by atoms with E-state index in [1.165, 1.54) is 17.1 Å². The standard InChI is InChI=1S/C34H28N2O6S/c1-3-20-41-33(40)31-22(2)35-34(43-31)36-29(25-15-17-26(18-16-25)42-21-24-12-8-5-9-13-24)28(30(38)32(36)39)27(37)19-14-23-10-6-4-7-11-23/h3-19,29,38H,1,20-21H2,2H3. The molecule has 8 nitrogen and oxygen atoms in total. The summed E-state index contributed by atoms with van der Waals surface area (Å²) in [5.74, 6) is -2.04. The lowest BCUT2D eigenvalue weighted by Gasteiger charge is -2.24. The van der Waals surface area contributed by atoms with Crippen molar-refractivity contribution in [3.63, 3.8) is 0 Å². The number of aliphatic hydroxyl groups excluding tert-OH is 1. The Morgan fingerprint density at radius 3 is 2.37 bits per heavy atom. The van der Waals surface area contributed by atoms with E-state index in [4.69, 9.17) is 9.47 Å². The molecule has 1 aliphatic rings. The van der Waals surface area contributed by atoms with Gasteiger partial charge in [0.05, 0.1) is 17.3 Å². The molecule has 3 aromatic carbocycles. The van der Waals surface area contributed by atoms with Crippen molar-refractivity contribution in [1.82, 2.24) is 4.98 Å². The molecular formula is C34H28N2O6S. The van der Waals surface area contributed by atoms with Crippen molar-refractivity contribution in [3.8, 4) is 5.75 Å². The van der Waals surface area contributed by atoms with Crippen LogP contribution in [0.5, 0.6) is 5.75 Å². The van der Waals surface area contributed by atoms with E-state index in [2.05, 4.69) is 11.6 Å². The number of aliphatic hydroxyl groups is 1. The van der Waals surface area contributed by atoms with Crippen molar-refractivity contribution in [2.75, 3.05) is 11.5 Å². The summed E-state index contributed by atoms with van der Waals surface area (Å²) in [5, 5.41) is 11.2. The van der Waals surface area contributed by atoms with Crippen LogP contribution >= 0.6 is 11.3 Å². The Hall–Kier alpha value is -5.28. The number of ketones is 1. The number of benzene rings is 3. The molecule has 1 aliphatic heterocycles. The molecule has 1 aromatic heterocycles. The number of carbonyl (C=O) groups is 3. The number of anilines is 1. The SMILES string of the molecule is C=CCOC(=O)c1sc(N2C(=O)C(O)=C(C(=O)C=Cc3ccccc3)C2c2ccc(OCc3ccccc3)cc2)nc1C. The summed E-state index contributed by atoms with van der Waals surface area (Å²) >= 11 is 0.946. The first-order valence-electron chi connectivity index (χ1n) is 13.4. The molecule has 0 fully saturated rings. The maximum absolute atomic E-state index is 13.6. The van der Waals surface area contributed by atoms with E-state index in [-0.39, 0.29) is 22.2 Å². The third kappa shape index (κ3) is 6.47. The summed E-state index contributed by atoms with van der Waals surface area (Å²) in [6.45, 7) is 5.56. The molecular weight excluding hydrogens is 564 g/mol. The quantitative estimate of drug-likeness (QED) is 0.120. The number of carbonyl (C=O) groups excluding carboxylic acids is 3. The number of hydrogen-bond donors (Lipinski definition) is 1. The van der Waals surface area contributed by atoms with E-state index in [0.29, 0.717) is 23.6 Å². The zero-order chi connectivity index (χ0) is 30.3. The Labute approximate surface area is 252 Å². The highest BCUT2D eigenvalue weighted by molar-refractivity contribution is 7.17. The van der Waals surface area contributed by atoms with Crippen molar-refractivity contribution in [3.05, 3.63) is 142 Å². The molecule has 0 saturated carbocycles. The van der Waals surface area contributed by atoms with Crippen molar-refractivity contribution in [2.24, 2.45) is 0 Å². The van der Waals surface area contributed by atoms with Gasteiger partial charge in [-0.25, -0.2) is 9.78 Å². The van der Waals surface area contributed by atoms with Gasteiger partial charge in [0.25, 0.3) is 5.91 Å². The van der Waals surface area contributed by atoms with Crippen molar-refractivity contribution in [1.29, 1.82) is 0 Å². The summed E-state index contributed by atoms with van der Waals surface area (Å²) in [4.78, 5) is 45.6. The summed E-state index contributed by atoms with van der Waals surface area (Å²) < 4.78 is 11.1. The second-order valence-electron chi connectivity index (χ2n) is 9.59. The van der Waals surface area contributed by atoms with Gasteiger partial charge in [-0.15, -0.1) is 0 Å². The highest BCUT2D eigenvalue weighted by Gasteiger charge is 2.45. The Balaban J connectivity index is 1.49. The van der Waals surface area contributed by atoms with Gasteiger partial charge in [-0.2, -0.15) is 0 Å². The molecule has 1 atom stereocenters. The van der Waals surface area contributed by atoms with E-state index in [1.54, 1.807) is 37.3 Å². The van der Waals surface area contributed by atoms with Crippen molar-refractivity contribution >= 4 is 40.2 Å². The fourth-order valence-electron chi connectivity index (χ4n) is 4.56. The predicted molar refractivity (Wildman–Crippen MR) is 165 cm³/mol. The second kappa shape index (κ2) is 13.1. The Morgan fingerprint density at radius 1 is 1.02 bits per heavy atom. The number of nitrogens with zero attached hydrogens (tertiary/aromatic N) is 2. The fourth-order valence-corrected chi connectivity index (χ4v) is 5.54. The van der Waals surface area contributed by atoms with Gasteiger partial charge in [-0.3, -0.25) is 14.5 Å². The summed E-state index contributed by atoms with van der Waals surface area (Å²) in [6.07, 6.45) is 4.40. The number of allylic oxidation sites excluding steroid dienone is 1. The summed E-state index contributed by atoms with van der Waals surface area (Å²) in [6, 6.07) is 24.9. The highest BCUT2D eigenvalue weighted by Crippen LogP contribution is 2.43. The van der Waals surface area contributed by atoms with E-state index in [9.17, 15) is 19.5 Å². The lowest BCUT2D eigenvalue weighted by molar-refractivity contribution is -0.117. The van der Waals surface area contributed by atoms with Crippen LogP contribution in [0.4, 0.5) is 5.13 Å². The Kier molecular flexibility index (Phi) is 8.93. The van der Waals surface area contributed by atoms with Gasteiger partial charge < -0.3 is 14.6 Å². The molecule has 0 bridgehead atoms. The van der Waals surface area contributed by atoms with Crippen LogP contribution in [0.1, 0.15) is 38.1 Å². The largest absolute Gasteiger partial charge is 0.503 e. The molecule has 0 aliphatic carbocycles. The highest BCUT2D eigenvalue weighted by atomic mass is 32.1. The van der Waals surface area contributed by atoms with Gasteiger partial charge in [-0.1, -0.05) is 103 Å². The van der Waals surface area contributed by atoms with Gasteiger partial charge in [0.15, 0.2) is 16.7 Å². The van der Waals surface area contributed by atoms with Crippen LogP contribution in [0, 0.1) is 6.92 Å². The van der Waals surface area contributed by atoms with E-state index in [0.717, 1.165) is 22.5 Å². The molecule has 1 amide bonds. The van der Waals surface area contributed by atoms with Crippen LogP contribution < -0.4 is 9.64 Å². The van der Waals surface area contributed by atoms with Crippen LogP contribution in [0.15, 0.2) is 115 Å². The molecule has 2 heterocycles. The molecule has 43 heavy (non-hydrogen) atoms. The number of hydrogen-bond acceptors (Lipinski definition) is 8. The van der Waals surface area contributed by atoms with Gasteiger partial charge in [0, 0.05) is 0 Å². The minimum atomic E-state index is -1.01. The predicted octanol–water partition coefficient (Wildman–Crippen LogP) is 6.56. The minimum absolute atomic E-state index is 0.0181. The van der Waals surface area contributed by atoms with E-state index < -0.39 is 29.5 Å². The monoisotopic (exact) mass is 592 g/mol. The summed E-state index contributed by atoms with van der Waals surface area (Å²) in [5.41, 5.74) is 2.59. The van der Waals surface area contributed by atoms with Crippen molar-refractivity contribution in [2.45, 2.75) is 19.6 Å². The van der Waals surface area contributed by atoms with Crippen LogP contribution in [-0.4, -0.2) is 34.4 Å². The number of aromatic nitrogens is 1. The second-order valence-corrected chi connectivity index (χ2v) is 10.6. The van der Waals surface area contributed by atoms with Gasteiger partial charge in [-0.05, 0) is 41.8 Å². The average molecular weight is 593 g/mol. The van der Waals surface area contributed by atoms with Gasteiger partial charge in [0.2, 0.25) is 0 Å². The van der Waals surface area contributed by atoms with E-state index in [1.807, 2.05) is 60.7 Å². The topological polar surface area (TPSA) is 106 Å². The molecule has 1 N–H and O–H groups in total. The molecule has 4 aromatic rings. The maximum Gasteiger partial charge on any atom is 0.350 e. The van der Waals surface area contributed by atoms with Crippen LogP contribution in [0.3, 0.4) is 0 Å². The fraction of sp³-hybridized carbons (Fsp3) is 0.118. The number of ether oxygens (including phenoxy) is 2. The number of amides is 1. The third-order valence-corrected chi connectivity index (χ3v) is 7.79. The average Bonchev–Trinajstić information content (AvgIpc) is 3.55. The molecule has 216 valence electrons. The Morgan fingerprint density at radius 2 is 1.70 bits per heavy atom. The lowest BCUT2D eigenvalue weighted by Crippen LogP contribution is -2.30. The maximum atomic E-state index is 13.6. The van der Waals surface area contributed by atoms with Crippen molar-refractivity contribution < 1.29 is 29.0 Å². The van der Waals surface area contributed by atoms with Gasteiger partial charge in [0.1, 0.15) is 23.8 Å². The molecule has 0 spiro atoms. The minimum Gasteiger partial charge on any atom is -0.503 e. The normalized spacial score (nSPS) is 14.8. The molecule has 1 unspecified atom stereocenters. The lowest BCUT2D eigenvalue weighted by atomic mass is 9.95. The Bertz CT molecular complexity index is 1710. The molecule has 0 saturated heterocycles. The smallest absolute Gasteiger partial charge is 0.350 e. The molecule has 5 rings (SSSR count). The van der Waals surface area contributed by atoms with Gasteiger partial charge >= 0.3 is 5.97 Å². The van der Waals surface area contributed by atoms with Crippen LogP contribution in [0.2, 0.25) is 0 Å². The zero-order valence-electron chi connectivity index (χ0n) is 23.3. The number of aryl methyl sites for hydroxylation is 1. The first kappa shape index (κ1) is 29.2. The number of rotatable bonds is 11. The van der Waals surface area contributed by atoms with Crippen LogP contribution in [0.25, 0.3) is 6.08 Å². The molecule has 9 heteroatoms. The first-order chi connectivity index (χ1) is 20.9. The zero-order valence-corrected chi connectivity index (χ0v) is 24.1. The third-order valence-electron chi connectivity index (χ3n) is 6.65. The number of esters is 1. The first-order valence-corrected chi connectivity index (χ1v) is 14.2. The molecule has 0 radical (unpaired) electrons. The summed E-state index contributed by atoms with van der Waals surface area (Å²) in [7, 11) is 0. The number of thiazole rings is 1.